The Morgan fingerprint density at radius 2 is 1.00 bits per heavy atom. The molecule has 0 aliphatic heterocycles. The fourth-order valence-electron chi connectivity index (χ4n) is 2.39. The van der Waals surface area contributed by atoms with E-state index < -0.39 is 20.2 Å². The summed E-state index contributed by atoms with van der Waals surface area (Å²) in [5.41, 5.74) is 5.96. The Morgan fingerprint density at radius 1 is 0.742 bits per heavy atom. The van der Waals surface area contributed by atoms with Gasteiger partial charge in [0.1, 0.15) is 0 Å². The zero-order valence-corrected chi connectivity index (χ0v) is 23.6. The molecule has 6 nitrogen and oxygen atoms in total. The molecule has 0 aliphatic carbocycles. The van der Waals surface area contributed by atoms with Gasteiger partial charge in [0.25, 0.3) is 20.2 Å². The van der Waals surface area contributed by atoms with Crippen LogP contribution in [0.5, 0.6) is 0 Å². The molecule has 2 N–H and O–H groups in total. The minimum absolute atomic E-state index is 0. The Kier molecular flexibility index (Phi) is 21.4. The van der Waals surface area contributed by atoms with E-state index in [0.29, 0.717) is 12.5 Å². The molecule has 0 fully saturated rings. The molecule has 0 atom stereocenters. The molecular weight excluding hydrogens is 516 g/mol. The second-order valence-electron chi connectivity index (χ2n) is 7.14. The summed E-state index contributed by atoms with van der Waals surface area (Å²) in [6.07, 6.45) is 9.19. The predicted octanol–water partition coefficient (Wildman–Crippen LogP) is 5.12. The maximum atomic E-state index is 9.19. The van der Waals surface area contributed by atoms with E-state index in [0.717, 1.165) is 0 Å². The Labute approximate surface area is 208 Å². The molecule has 0 bridgehead atoms. The van der Waals surface area contributed by atoms with Crippen LogP contribution in [0.1, 0.15) is 61.8 Å². The molecule has 0 aromatic heterocycles. The quantitative estimate of drug-likeness (QED) is 0.380. The maximum Gasteiger partial charge on any atom is 2.00 e. The number of rotatable bonds is 6. The van der Waals surface area contributed by atoms with Crippen molar-refractivity contribution in [3.05, 3.63) is 58.7 Å². The molecule has 178 valence electrons. The summed E-state index contributed by atoms with van der Waals surface area (Å²) in [5.74, 6) is 0. The third kappa shape index (κ3) is 29.4. The van der Waals surface area contributed by atoms with E-state index in [1.54, 1.807) is 0 Å². The number of unbranched alkanes of at least 4 members (excludes halogenated alkanes) is 2. The van der Waals surface area contributed by atoms with Crippen molar-refractivity contribution in [1.82, 2.24) is 0 Å². The fraction of sp³-hybridized carbons (Fsp3) is 0.545. The molecule has 2 rings (SSSR count). The number of aryl methyl sites for hydroxylation is 4. The van der Waals surface area contributed by atoms with E-state index in [2.05, 4.69) is 64.1 Å². The van der Waals surface area contributed by atoms with Gasteiger partial charge in [0.05, 0.1) is 12.5 Å². The van der Waals surface area contributed by atoms with Gasteiger partial charge in [0, 0.05) is 0 Å². The van der Waals surface area contributed by atoms with E-state index in [1.165, 1.54) is 60.8 Å². The molecule has 0 heterocycles. The smallest absolute Gasteiger partial charge is 0.286 e. The van der Waals surface area contributed by atoms with Crippen molar-refractivity contribution in [3.63, 3.8) is 0 Å². The maximum absolute atomic E-state index is 9.19. The molecule has 31 heavy (non-hydrogen) atoms. The van der Waals surface area contributed by atoms with Crippen molar-refractivity contribution in [3.8, 4) is 0 Å². The second-order valence-corrected chi connectivity index (χ2v) is 10.1. The molecule has 9 heteroatoms. The topological polar surface area (TPSA) is 109 Å². The van der Waals surface area contributed by atoms with Gasteiger partial charge in [-0.3, -0.25) is 9.11 Å². The van der Waals surface area contributed by atoms with Gasteiger partial charge < -0.3 is 0 Å². The average Bonchev–Trinajstić information content (AvgIpc) is 3.16. The summed E-state index contributed by atoms with van der Waals surface area (Å²) < 4.78 is 51.7. The standard InChI is InChI=1S/2C10H15.2CH4O3S.Zr/c2*1-3-4-7-10-8-5-6-9(10)2;2*1-5(2,3)4;/h2*5-6,8H,3-4,7H2,1-2H3;2*1H3,(H,2,3,4);/q2*-1;;;+2. The molecule has 0 spiro atoms. The summed E-state index contributed by atoms with van der Waals surface area (Å²) in [6.45, 7) is 8.84. The molecule has 2 aromatic rings. The van der Waals surface area contributed by atoms with Crippen molar-refractivity contribution in [1.29, 1.82) is 0 Å². The van der Waals surface area contributed by atoms with E-state index in [1.807, 2.05) is 0 Å². The van der Waals surface area contributed by atoms with Crippen LogP contribution in [-0.2, 0) is 59.3 Å². The van der Waals surface area contributed by atoms with Crippen molar-refractivity contribution in [2.45, 2.75) is 66.2 Å². The largest absolute Gasteiger partial charge is 2.00 e. The molecule has 2 aromatic carbocycles. The summed E-state index contributed by atoms with van der Waals surface area (Å²) in [7, 11) is -7.33. The normalized spacial score (nSPS) is 10.3. The number of hydrogen-bond donors (Lipinski definition) is 2. The zero-order valence-electron chi connectivity index (χ0n) is 19.6. The van der Waals surface area contributed by atoms with Crippen LogP contribution in [0, 0.1) is 13.8 Å². The first-order chi connectivity index (χ1) is 13.7. The fourth-order valence-corrected chi connectivity index (χ4v) is 2.39. The van der Waals surface area contributed by atoms with Gasteiger partial charge in [0.15, 0.2) is 0 Å². The van der Waals surface area contributed by atoms with Crippen molar-refractivity contribution >= 4 is 20.2 Å². The zero-order chi connectivity index (χ0) is 23.8. The Bertz CT molecular complexity index is 791. The third-order valence-electron chi connectivity index (χ3n) is 3.90. The van der Waals surface area contributed by atoms with Crippen LogP contribution in [-0.4, -0.2) is 38.5 Å². The van der Waals surface area contributed by atoms with Crippen LogP contribution in [0.3, 0.4) is 0 Å². The average molecular weight is 554 g/mol. The van der Waals surface area contributed by atoms with E-state index in [-0.39, 0.29) is 26.2 Å². The van der Waals surface area contributed by atoms with Gasteiger partial charge in [-0.15, -0.1) is 0 Å². The SMILES string of the molecule is CCCC[c-]1cccc1C.CCCC[c-]1cccc1C.CS(=O)(=O)O.CS(=O)(=O)O.[Zr+2]. The predicted molar refractivity (Wildman–Crippen MR) is 126 cm³/mol. The van der Waals surface area contributed by atoms with Gasteiger partial charge in [-0.2, -0.15) is 51.2 Å². The molecule has 0 aliphatic rings. The van der Waals surface area contributed by atoms with Gasteiger partial charge in [-0.25, -0.2) is 24.3 Å². The minimum Gasteiger partial charge on any atom is -0.286 e. The van der Waals surface area contributed by atoms with Crippen molar-refractivity contribution in [2.24, 2.45) is 0 Å². The molecule has 0 amide bonds. The van der Waals surface area contributed by atoms with Crippen LogP contribution in [0.4, 0.5) is 0 Å². The van der Waals surface area contributed by atoms with E-state index in [4.69, 9.17) is 9.11 Å². The van der Waals surface area contributed by atoms with Crippen LogP contribution < -0.4 is 0 Å². The molecular formula is C22H38O6S2Zr. The van der Waals surface area contributed by atoms with E-state index >= 15 is 0 Å². The van der Waals surface area contributed by atoms with Gasteiger partial charge in [0.2, 0.25) is 0 Å². The van der Waals surface area contributed by atoms with Crippen molar-refractivity contribution in [2.75, 3.05) is 12.5 Å². The third-order valence-corrected chi connectivity index (χ3v) is 3.90. The minimum atomic E-state index is -3.67. The Morgan fingerprint density at radius 3 is 1.16 bits per heavy atom. The summed E-state index contributed by atoms with van der Waals surface area (Å²) in [4.78, 5) is 0. The van der Waals surface area contributed by atoms with Gasteiger partial charge in [-0.05, 0) is 0 Å². The first kappa shape index (κ1) is 35.0. The molecule has 0 radical (unpaired) electrons. The van der Waals surface area contributed by atoms with Crippen LogP contribution in [0.15, 0.2) is 36.4 Å². The van der Waals surface area contributed by atoms with Crippen LogP contribution in [0.2, 0.25) is 0 Å². The Balaban J connectivity index is -0.000000353. The molecule has 0 unspecified atom stereocenters. The first-order valence-electron chi connectivity index (χ1n) is 9.96. The van der Waals surface area contributed by atoms with Gasteiger partial charge in [-0.1, -0.05) is 66.2 Å². The van der Waals surface area contributed by atoms with E-state index in [9.17, 15) is 16.8 Å². The van der Waals surface area contributed by atoms with Gasteiger partial charge >= 0.3 is 26.2 Å². The first-order valence-corrected chi connectivity index (χ1v) is 13.7. The summed E-state index contributed by atoms with van der Waals surface area (Å²) in [6, 6.07) is 13.1. The second kappa shape index (κ2) is 18.9. The summed E-state index contributed by atoms with van der Waals surface area (Å²) in [5, 5.41) is 0. The summed E-state index contributed by atoms with van der Waals surface area (Å²) >= 11 is 0. The van der Waals surface area contributed by atoms with Crippen LogP contribution in [0.25, 0.3) is 0 Å². The number of hydrogen-bond acceptors (Lipinski definition) is 4. The Hall–Kier alpha value is -0.597. The molecule has 0 saturated heterocycles. The monoisotopic (exact) mass is 552 g/mol. The van der Waals surface area contributed by atoms with Crippen LogP contribution >= 0.6 is 0 Å². The molecule has 0 saturated carbocycles. The van der Waals surface area contributed by atoms with Crippen molar-refractivity contribution < 1.29 is 52.1 Å².